The van der Waals surface area contributed by atoms with Gasteiger partial charge in [0, 0.05) is 32.9 Å². The molecule has 1 aromatic carbocycles. The maximum absolute atomic E-state index is 12.8. The monoisotopic (exact) mass is 495 g/mol. The lowest BCUT2D eigenvalue weighted by atomic mass is 10.1. The maximum Gasteiger partial charge on any atom is 0.347 e. The third-order valence-corrected chi connectivity index (χ3v) is 4.55. The number of aliphatic hydroxyl groups is 2. The van der Waals surface area contributed by atoms with E-state index in [9.17, 15) is 24.6 Å². The van der Waals surface area contributed by atoms with E-state index in [1.54, 1.807) is 0 Å². The third-order valence-electron chi connectivity index (χ3n) is 4.55. The van der Waals surface area contributed by atoms with Gasteiger partial charge >= 0.3 is 11.9 Å². The fourth-order valence-corrected chi connectivity index (χ4v) is 2.96. The molecule has 11 heteroatoms. The van der Waals surface area contributed by atoms with Crippen LogP contribution in [0.2, 0.25) is 0 Å². The van der Waals surface area contributed by atoms with Crippen LogP contribution >= 0.6 is 0 Å². The topological polar surface area (TPSA) is 150 Å². The first-order valence-corrected chi connectivity index (χ1v) is 11.0. The summed E-state index contributed by atoms with van der Waals surface area (Å²) in [6.07, 6.45) is 3.02. The van der Waals surface area contributed by atoms with Crippen molar-refractivity contribution in [2.45, 2.75) is 38.6 Å². The van der Waals surface area contributed by atoms with Crippen molar-refractivity contribution in [2.75, 3.05) is 46.7 Å². The molecule has 0 heterocycles. The molecule has 11 nitrogen and oxygen atoms in total. The highest BCUT2D eigenvalue weighted by atomic mass is 16.6. The Labute approximate surface area is 204 Å². The molecule has 0 radical (unpaired) electrons. The lowest BCUT2D eigenvalue weighted by molar-refractivity contribution is -0.156. The number of hydrogen-bond donors (Lipinski definition) is 3. The van der Waals surface area contributed by atoms with E-state index >= 15 is 0 Å². The van der Waals surface area contributed by atoms with Gasteiger partial charge in [-0.25, -0.2) is 4.79 Å². The molecule has 0 aliphatic heterocycles. The maximum atomic E-state index is 12.8. The standard InChI is InChI=1S/C24H33NO10/c1-4-10-32-12-13-33-11-8-25-23(29)20-14-18(16-27)5-6-21(20)35-22(24(30)31-3)15-19(7-9-26)34-17(2)28/h1,5-6,14,19,22,26-27H,7-13,15-16H2,2-3H3,(H,25,29). The zero-order valence-corrected chi connectivity index (χ0v) is 20.0. The number of carbonyl (C=O) groups is 3. The van der Waals surface area contributed by atoms with E-state index < -0.39 is 30.1 Å². The molecular formula is C24H33NO10. The Balaban J connectivity index is 2.91. The Morgan fingerprint density at radius 3 is 2.51 bits per heavy atom. The molecule has 0 fully saturated rings. The van der Waals surface area contributed by atoms with Crippen molar-refractivity contribution < 1.29 is 48.3 Å². The number of rotatable bonds is 17. The van der Waals surface area contributed by atoms with Crippen molar-refractivity contribution in [1.29, 1.82) is 0 Å². The normalized spacial score (nSPS) is 12.2. The van der Waals surface area contributed by atoms with Crippen molar-refractivity contribution in [3.8, 4) is 18.1 Å². The van der Waals surface area contributed by atoms with Crippen LogP contribution in [0.5, 0.6) is 5.75 Å². The Morgan fingerprint density at radius 2 is 1.89 bits per heavy atom. The van der Waals surface area contributed by atoms with Crippen molar-refractivity contribution in [3.63, 3.8) is 0 Å². The molecule has 0 aliphatic carbocycles. The Kier molecular flexibility index (Phi) is 14.8. The first-order valence-electron chi connectivity index (χ1n) is 11.0. The van der Waals surface area contributed by atoms with Gasteiger partial charge < -0.3 is 39.2 Å². The van der Waals surface area contributed by atoms with Crippen molar-refractivity contribution >= 4 is 17.8 Å². The van der Waals surface area contributed by atoms with E-state index in [0.29, 0.717) is 18.8 Å². The molecule has 0 bridgehead atoms. The predicted octanol–water partition coefficient (Wildman–Crippen LogP) is 0.200. The van der Waals surface area contributed by atoms with E-state index in [-0.39, 0.29) is 57.1 Å². The summed E-state index contributed by atoms with van der Waals surface area (Å²) in [5.74, 6) is 0.552. The average Bonchev–Trinajstić information content (AvgIpc) is 2.84. The first-order chi connectivity index (χ1) is 16.9. The van der Waals surface area contributed by atoms with Crippen molar-refractivity contribution in [3.05, 3.63) is 29.3 Å². The Bertz CT molecular complexity index is 851. The average molecular weight is 496 g/mol. The van der Waals surface area contributed by atoms with Crippen LogP contribution < -0.4 is 10.1 Å². The van der Waals surface area contributed by atoms with Crippen LogP contribution in [0.4, 0.5) is 0 Å². The van der Waals surface area contributed by atoms with Crippen LogP contribution in [0.15, 0.2) is 18.2 Å². The molecule has 35 heavy (non-hydrogen) atoms. The number of esters is 2. The van der Waals surface area contributed by atoms with Gasteiger partial charge in [-0.15, -0.1) is 6.42 Å². The van der Waals surface area contributed by atoms with Crippen LogP contribution in [-0.2, 0) is 35.1 Å². The molecular weight excluding hydrogens is 462 g/mol. The first kappa shape index (κ1) is 29.9. The second kappa shape index (κ2) is 17.3. The molecule has 1 aromatic rings. The number of aliphatic hydroxyl groups excluding tert-OH is 2. The molecule has 2 atom stereocenters. The summed E-state index contributed by atoms with van der Waals surface area (Å²) < 4.78 is 26.2. The second-order valence-electron chi connectivity index (χ2n) is 7.22. The smallest absolute Gasteiger partial charge is 0.347 e. The number of nitrogens with one attached hydrogen (secondary N) is 1. The van der Waals surface area contributed by atoms with Crippen LogP contribution in [0.25, 0.3) is 0 Å². The van der Waals surface area contributed by atoms with Crippen molar-refractivity contribution in [1.82, 2.24) is 5.32 Å². The minimum atomic E-state index is -1.23. The van der Waals surface area contributed by atoms with E-state index in [1.165, 1.54) is 32.2 Å². The lowest BCUT2D eigenvalue weighted by Gasteiger charge is -2.23. The molecule has 0 saturated carbocycles. The number of ether oxygens (including phenoxy) is 5. The summed E-state index contributed by atoms with van der Waals surface area (Å²) >= 11 is 0. The summed E-state index contributed by atoms with van der Waals surface area (Å²) in [5, 5.41) is 21.4. The fraction of sp³-hybridized carbons (Fsp3) is 0.542. The van der Waals surface area contributed by atoms with Gasteiger partial charge in [-0.3, -0.25) is 9.59 Å². The molecule has 3 N–H and O–H groups in total. The SMILES string of the molecule is C#CCOCCOCCNC(=O)c1cc(CO)ccc1OC(CC(CCO)OC(C)=O)C(=O)OC. The quantitative estimate of drug-likeness (QED) is 0.155. The summed E-state index contributed by atoms with van der Waals surface area (Å²) in [4.78, 5) is 36.5. The number of terminal acetylenes is 1. The van der Waals surface area contributed by atoms with E-state index in [0.717, 1.165) is 0 Å². The zero-order valence-electron chi connectivity index (χ0n) is 20.0. The van der Waals surface area contributed by atoms with Crippen LogP contribution in [0, 0.1) is 12.3 Å². The highest BCUT2D eigenvalue weighted by Gasteiger charge is 2.29. The molecule has 194 valence electrons. The van der Waals surface area contributed by atoms with E-state index in [4.69, 9.17) is 30.1 Å². The highest BCUT2D eigenvalue weighted by Crippen LogP contribution is 2.24. The number of methoxy groups -OCH3 is 1. The predicted molar refractivity (Wildman–Crippen MR) is 123 cm³/mol. The van der Waals surface area contributed by atoms with Gasteiger partial charge in [0.15, 0.2) is 6.10 Å². The minimum Gasteiger partial charge on any atom is -0.478 e. The van der Waals surface area contributed by atoms with Gasteiger partial charge in [-0.05, 0) is 17.7 Å². The Morgan fingerprint density at radius 1 is 1.14 bits per heavy atom. The number of carbonyl (C=O) groups excluding carboxylic acids is 3. The zero-order chi connectivity index (χ0) is 26.1. The van der Waals surface area contributed by atoms with Gasteiger partial charge in [0.2, 0.25) is 0 Å². The van der Waals surface area contributed by atoms with E-state index in [1.807, 2.05) is 0 Å². The van der Waals surface area contributed by atoms with Gasteiger partial charge in [0.05, 0.1) is 39.1 Å². The molecule has 1 amide bonds. The van der Waals surface area contributed by atoms with Gasteiger partial charge in [-0.2, -0.15) is 0 Å². The number of hydrogen-bond acceptors (Lipinski definition) is 10. The number of amides is 1. The lowest BCUT2D eigenvalue weighted by Crippen LogP contribution is -2.35. The van der Waals surface area contributed by atoms with Gasteiger partial charge in [0.25, 0.3) is 5.91 Å². The van der Waals surface area contributed by atoms with Gasteiger partial charge in [-0.1, -0.05) is 12.0 Å². The van der Waals surface area contributed by atoms with Crippen molar-refractivity contribution in [2.24, 2.45) is 0 Å². The summed E-state index contributed by atoms with van der Waals surface area (Å²) in [6.45, 7) is 1.86. The largest absolute Gasteiger partial charge is 0.478 e. The molecule has 0 aromatic heterocycles. The second-order valence-corrected chi connectivity index (χ2v) is 7.22. The minimum absolute atomic E-state index is 0.0595. The van der Waals surface area contributed by atoms with E-state index in [2.05, 4.69) is 11.2 Å². The molecule has 0 saturated heterocycles. The molecule has 1 rings (SSSR count). The summed E-state index contributed by atoms with van der Waals surface area (Å²) in [7, 11) is 1.17. The van der Waals surface area contributed by atoms with Crippen LogP contribution in [-0.4, -0.2) is 87.0 Å². The molecule has 0 spiro atoms. The molecule has 0 aliphatic rings. The van der Waals surface area contributed by atoms with Crippen LogP contribution in [0.1, 0.15) is 35.7 Å². The fourth-order valence-electron chi connectivity index (χ4n) is 2.96. The van der Waals surface area contributed by atoms with Crippen LogP contribution in [0.3, 0.4) is 0 Å². The summed E-state index contributed by atoms with van der Waals surface area (Å²) in [6, 6.07) is 4.42. The summed E-state index contributed by atoms with van der Waals surface area (Å²) in [5.41, 5.74) is 0.533. The Hall–Kier alpha value is -3.17. The third kappa shape index (κ3) is 11.7. The number of benzene rings is 1. The van der Waals surface area contributed by atoms with Gasteiger partial charge in [0.1, 0.15) is 18.5 Å². The molecule has 2 unspecified atom stereocenters. The highest BCUT2D eigenvalue weighted by molar-refractivity contribution is 5.97.